The van der Waals surface area contributed by atoms with E-state index >= 15 is 0 Å². The summed E-state index contributed by atoms with van der Waals surface area (Å²) >= 11 is -0.262. The summed E-state index contributed by atoms with van der Waals surface area (Å²) < 4.78 is 0. The summed E-state index contributed by atoms with van der Waals surface area (Å²) in [6.45, 7) is 7.08. The van der Waals surface area contributed by atoms with Crippen molar-refractivity contribution >= 4 is 14.1 Å². The summed E-state index contributed by atoms with van der Waals surface area (Å²) in [5, 5.41) is 4.65. The van der Waals surface area contributed by atoms with Crippen LogP contribution in [0.5, 0.6) is 0 Å². The van der Waals surface area contributed by atoms with Gasteiger partial charge in [0.15, 0.2) is 0 Å². The van der Waals surface area contributed by atoms with E-state index in [9.17, 15) is 0 Å². The lowest BCUT2D eigenvalue weighted by Gasteiger charge is -2.06. The van der Waals surface area contributed by atoms with Gasteiger partial charge in [-0.2, -0.15) is 0 Å². The lowest BCUT2D eigenvalue weighted by molar-refractivity contribution is 0.584. The van der Waals surface area contributed by atoms with Gasteiger partial charge < -0.3 is 0 Å². The van der Waals surface area contributed by atoms with E-state index < -0.39 is 0 Å². The first kappa shape index (κ1) is 15.5. The maximum absolute atomic E-state index is 2.39. The first-order valence-electron chi connectivity index (χ1n) is 7.35. The van der Waals surface area contributed by atoms with Gasteiger partial charge in [0, 0.05) is 0 Å². The second-order valence-electron chi connectivity index (χ2n) is 4.95. The number of hydrogen-bond acceptors (Lipinski definition) is 0. The molecule has 1 heteroatoms. The lowest BCUT2D eigenvalue weighted by atomic mass is 10.1. The average molecular weight is 226 g/mol. The molecule has 0 saturated heterocycles. The third kappa shape index (κ3) is 10.8. The lowest BCUT2D eigenvalue weighted by Crippen LogP contribution is -2.07. The van der Waals surface area contributed by atoms with Crippen molar-refractivity contribution in [2.24, 2.45) is 0 Å². The maximum Gasteiger partial charge on any atom is 0.261 e. The van der Waals surface area contributed by atoms with E-state index in [4.69, 9.17) is 0 Å². The fourth-order valence-electron chi connectivity index (χ4n) is 2.26. The fourth-order valence-corrected chi connectivity index (χ4v) is 4.52. The highest BCUT2D eigenvalue weighted by atomic mass is 27.2. The molecule has 0 bridgehead atoms. The van der Waals surface area contributed by atoms with Crippen LogP contribution < -0.4 is 0 Å². The van der Waals surface area contributed by atoms with Gasteiger partial charge >= 0.3 is 0 Å². The molecule has 0 spiro atoms. The van der Waals surface area contributed by atoms with E-state index in [1.807, 2.05) is 0 Å². The monoisotopic (exact) mass is 226 g/mol. The summed E-state index contributed by atoms with van der Waals surface area (Å²) in [6.07, 6.45) is 11.8. The minimum Gasteiger partial charge on any atom is -0.0967 e. The van der Waals surface area contributed by atoms with Gasteiger partial charge in [0.1, 0.15) is 0 Å². The smallest absolute Gasteiger partial charge is 0.0967 e. The molecule has 0 fully saturated rings. The molecule has 0 heterocycles. The summed E-state index contributed by atoms with van der Waals surface area (Å²) in [5.74, 6) is 0. The van der Waals surface area contributed by atoms with Gasteiger partial charge in [0.2, 0.25) is 0 Å². The second-order valence-corrected chi connectivity index (χ2v) is 8.89. The van der Waals surface area contributed by atoms with Gasteiger partial charge in [-0.15, -0.1) is 0 Å². The molecule has 0 aromatic rings. The Morgan fingerprint density at radius 2 is 1.07 bits per heavy atom. The standard InChI is InChI=1S/C10H21.2C2H5.Al/c1-3-5-7-9-10-8-6-4-2;2*1-2;/h1,3-10H2,2H3;2*1H2,2H3;. The van der Waals surface area contributed by atoms with E-state index in [2.05, 4.69) is 20.8 Å². The average Bonchev–Trinajstić information content (AvgIpc) is 2.27. The molecule has 15 heavy (non-hydrogen) atoms. The highest BCUT2D eigenvalue weighted by Gasteiger charge is 2.09. The Balaban J connectivity index is 3.04. The number of rotatable bonds is 11. The summed E-state index contributed by atoms with van der Waals surface area (Å²) in [6, 6.07) is 0. The van der Waals surface area contributed by atoms with Crippen molar-refractivity contribution < 1.29 is 0 Å². The predicted molar refractivity (Wildman–Crippen MR) is 74.1 cm³/mol. The fraction of sp³-hybridized carbons (Fsp3) is 1.00. The maximum atomic E-state index is 2.39. The first-order chi connectivity index (χ1) is 7.35. The molecule has 0 unspecified atom stereocenters. The summed E-state index contributed by atoms with van der Waals surface area (Å²) in [4.78, 5) is 0. The normalized spacial score (nSPS) is 10.6. The Morgan fingerprint density at radius 1 is 0.600 bits per heavy atom. The first-order valence-corrected chi connectivity index (χ1v) is 9.80. The molecule has 0 aromatic heterocycles. The Morgan fingerprint density at radius 3 is 1.53 bits per heavy atom. The molecule has 0 rings (SSSR count). The number of unbranched alkanes of at least 4 members (excludes halogenated alkanes) is 7. The van der Waals surface area contributed by atoms with Crippen LogP contribution in [0.25, 0.3) is 0 Å². The minimum atomic E-state index is -0.262. The van der Waals surface area contributed by atoms with Crippen LogP contribution in [0.1, 0.15) is 72.1 Å². The van der Waals surface area contributed by atoms with Gasteiger partial charge in [0.25, 0.3) is 14.1 Å². The van der Waals surface area contributed by atoms with Gasteiger partial charge in [-0.25, -0.2) is 0 Å². The van der Waals surface area contributed by atoms with E-state index in [1.165, 1.54) is 61.9 Å². The minimum absolute atomic E-state index is 0.262. The van der Waals surface area contributed by atoms with E-state index in [0.717, 1.165) is 0 Å². The molecular formula is C14H31Al. The third-order valence-electron chi connectivity index (χ3n) is 3.62. The van der Waals surface area contributed by atoms with Crippen LogP contribution in [0, 0.1) is 0 Å². The van der Waals surface area contributed by atoms with Crippen molar-refractivity contribution in [3.63, 3.8) is 0 Å². The van der Waals surface area contributed by atoms with Crippen LogP contribution in [0.15, 0.2) is 0 Å². The van der Waals surface area contributed by atoms with Gasteiger partial charge in [-0.3, -0.25) is 0 Å². The van der Waals surface area contributed by atoms with Crippen LogP contribution in [0.3, 0.4) is 0 Å². The van der Waals surface area contributed by atoms with E-state index in [-0.39, 0.29) is 14.1 Å². The molecule has 0 saturated carbocycles. The molecule has 0 aromatic carbocycles. The van der Waals surface area contributed by atoms with Crippen molar-refractivity contribution in [1.29, 1.82) is 0 Å². The Bertz CT molecular complexity index is 108. The molecule has 0 amide bonds. The van der Waals surface area contributed by atoms with Gasteiger partial charge in [-0.05, 0) is 0 Å². The third-order valence-corrected chi connectivity index (χ3v) is 7.15. The molecular weight excluding hydrogens is 195 g/mol. The van der Waals surface area contributed by atoms with E-state index in [0.29, 0.717) is 0 Å². The highest BCUT2D eigenvalue weighted by Crippen LogP contribution is 2.13. The molecule has 0 N–H and O–H groups in total. The van der Waals surface area contributed by atoms with Crippen LogP contribution in [-0.2, 0) is 0 Å². The largest absolute Gasteiger partial charge is 0.261 e. The zero-order valence-electron chi connectivity index (χ0n) is 11.4. The zero-order valence-corrected chi connectivity index (χ0v) is 12.5. The van der Waals surface area contributed by atoms with Crippen LogP contribution in [0.4, 0.5) is 0 Å². The van der Waals surface area contributed by atoms with Crippen molar-refractivity contribution in [2.75, 3.05) is 0 Å². The molecule has 0 nitrogen and oxygen atoms in total. The van der Waals surface area contributed by atoms with Crippen molar-refractivity contribution in [3.05, 3.63) is 0 Å². The Labute approximate surface area is 102 Å². The molecule has 90 valence electrons. The second kappa shape index (κ2) is 12.6. The molecule has 0 aliphatic heterocycles. The van der Waals surface area contributed by atoms with E-state index in [1.54, 1.807) is 5.28 Å². The molecule has 0 aliphatic rings. The van der Waals surface area contributed by atoms with Crippen LogP contribution in [0.2, 0.25) is 15.8 Å². The molecule has 0 radical (unpaired) electrons. The zero-order chi connectivity index (χ0) is 11.4. The van der Waals surface area contributed by atoms with Crippen molar-refractivity contribution in [2.45, 2.75) is 88.0 Å². The summed E-state index contributed by atoms with van der Waals surface area (Å²) in [7, 11) is 0. The topological polar surface area (TPSA) is 0 Å². The SMILES string of the molecule is CCCCCCCCC[CH2][Al]([CH2]C)[CH2]C. The quantitative estimate of drug-likeness (QED) is 0.315. The Hall–Kier alpha value is 0.532. The van der Waals surface area contributed by atoms with Crippen LogP contribution in [-0.4, -0.2) is 14.1 Å². The van der Waals surface area contributed by atoms with Crippen LogP contribution >= 0.6 is 0 Å². The van der Waals surface area contributed by atoms with Gasteiger partial charge in [0.05, 0.1) is 0 Å². The molecule has 0 atom stereocenters. The molecule has 0 aliphatic carbocycles. The van der Waals surface area contributed by atoms with Crippen molar-refractivity contribution in [1.82, 2.24) is 0 Å². The highest BCUT2D eigenvalue weighted by molar-refractivity contribution is 6.58. The number of hydrogen-bond donors (Lipinski definition) is 0. The van der Waals surface area contributed by atoms with Crippen molar-refractivity contribution in [3.8, 4) is 0 Å². The predicted octanol–water partition coefficient (Wildman–Crippen LogP) is 5.66. The Kier molecular flexibility index (Phi) is 13.0. The summed E-state index contributed by atoms with van der Waals surface area (Å²) in [5.41, 5.74) is 0. The van der Waals surface area contributed by atoms with Gasteiger partial charge in [-0.1, -0.05) is 88.0 Å².